The summed E-state index contributed by atoms with van der Waals surface area (Å²) in [5, 5.41) is 59.4. The summed E-state index contributed by atoms with van der Waals surface area (Å²) < 4.78 is 22.2. The lowest BCUT2D eigenvalue weighted by molar-refractivity contribution is -0.277. The zero-order valence-corrected chi connectivity index (χ0v) is 17.3. The van der Waals surface area contributed by atoms with E-state index in [0.717, 1.165) is 12.1 Å². The van der Waals surface area contributed by atoms with E-state index in [1.807, 2.05) is 0 Å². The predicted octanol–water partition coefficient (Wildman–Crippen LogP) is 0.0585. The highest BCUT2D eigenvalue weighted by atomic mass is 16.7. The van der Waals surface area contributed by atoms with Crippen molar-refractivity contribution in [3.63, 3.8) is 0 Å². The van der Waals surface area contributed by atoms with Gasteiger partial charge in [0.15, 0.2) is 16.8 Å². The third-order valence-electron chi connectivity index (χ3n) is 5.36. The molecule has 4 rings (SSSR count). The number of aliphatic hydroxyl groups is 4. The third kappa shape index (κ3) is 4.08. The Kier molecular flexibility index (Phi) is 6.15. The Labute approximate surface area is 186 Å². The Morgan fingerprint density at radius 2 is 1.70 bits per heavy atom. The van der Waals surface area contributed by atoms with Crippen molar-refractivity contribution in [2.45, 2.75) is 30.7 Å². The molecule has 0 bridgehead atoms. The molecule has 1 aromatic heterocycles. The monoisotopic (exact) mass is 462 g/mol. The minimum atomic E-state index is -1.73. The molecule has 0 radical (unpaired) electrons. The number of benzene rings is 2. The smallest absolute Gasteiger partial charge is 0.229 e. The first-order valence-corrected chi connectivity index (χ1v) is 9.89. The van der Waals surface area contributed by atoms with Crippen molar-refractivity contribution < 1.29 is 49.3 Å². The van der Waals surface area contributed by atoms with E-state index in [1.54, 1.807) is 0 Å². The highest BCUT2D eigenvalue weighted by Crippen LogP contribution is 2.42. The first-order chi connectivity index (χ1) is 15.7. The lowest BCUT2D eigenvalue weighted by atomic mass is 9.99. The standard InChI is InChI=1S/C22H22O11/c1-30-14-7-12(26)16-11(25)6-13(9-2-4-10(24)5-3-9)31-21(16)20(14)33-22-19(29)18(28)17(27)15(8-23)32-22/h2-7,15,17-19,22-24,26-29H,8H2,1H3. The highest BCUT2D eigenvalue weighted by Gasteiger charge is 2.45. The topological polar surface area (TPSA) is 179 Å². The highest BCUT2D eigenvalue weighted by molar-refractivity contribution is 5.91. The van der Waals surface area contributed by atoms with Crippen LogP contribution in [0.2, 0.25) is 0 Å². The van der Waals surface area contributed by atoms with Crippen LogP contribution >= 0.6 is 0 Å². The Hall–Kier alpha value is -3.35. The summed E-state index contributed by atoms with van der Waals surface area (Å²) in [6.45, 7) is -0.668. The van der Waals surface area contributed by atoms with Crippen molar-refractivity contribution in [3.8, 4) is 34.3 Å². The van der Waals surface area contributed by atoms with E-state index in [0.29, 0.717) is 5.56 Å². The van der Waals surface area contributed by atoms with Crippen molar-refractivity contribution >= 4 is 11.0 Å². The molecule has 0 aliphatic carbocycles. The van der Waals surface area contributed by atoms with Gasteiger partial charge in [-0.1, -0.05) is 0 Å². The zero-order chi connectivity index (χ0) is 23.9. The van der Waals surface area contributed by atoms with Crippen LogP contribution in [-0.4, -0.2) is 75.1 Å². The average molecular weight is 462 g/mol. The van der Waals surface area contributed by atoms with E-state index in [4.69, 9.17) is 18.6 Å². The lowest BCUT2D eigenvalue weighted by Crippen LogP contribution is -2.60. The molecule has 1 saturated heterocycles. The number of phenols is 2. The first kappa shape index (κ1) is 22.8. The van der Waals surface area contributed by atoms with Crippen LogP contribution < -0.4 is 14.9 Å². The second kappa shape index (κ2) is 8.89. The van der Waals surface area contributed by atoms with Gasteiger partial charge in [0, 0.05) is 17.7 Å². The molecule has 11 nitrogen and oxygen atoms in total. The molecule has 3 aromatic rings. The van der Waals surface area contributed by atoms with Gasteiger partial charge >= 0.3 is 0 Å². The van der Waals surface area contributed by atoms with Gasteiger partial charge in [0.1, 0.15) is 47.1 Å². The summed E-state index contributed by atoms with van der Waals surface area (Å²) >= 11 is 0. The molecule has 2 heterocycles. The Balaban J connectivity index is 1.86. The molecule has 1 aliphatic rings. The van der Waals surface area contributed by atoms with E-state index >= 15 is 0 Å². The summed E-state index contributed by atoms with van der Waals surface area (Å²) in [4.78, 5) is 12.8. The molecule has 176 valence electrons. The second-order valence-electron chi connectivity index (χ2n) is 7.47. The minimum absolute atomic E-state index is 0.00726. The minimum Gasteiger partial charge on any atom is -0.508 e. The van der Waals surface area contributed by atoms with Gasteiger partial charge in [0.25, 0.3) is 0 Å². The molecule has 5 atom stereocenters. The van der Waals surface area contributed by atoms with Gasteiger partial charge in [0.2, 0.25) is 12.0 Å². The van der Waals surface area contributed by atoms with Crippen LogP contribution in [0.15, 0.2) is 45.6 Å². The van der Waals surface area contributed by atoms with Crippen LogP contribution in [0.3, 0.4) is 0 Å². The number of hydrogen-bond donors (Lipinski definition) is 6. The van der Waals surface area contributed by atoms with Crippen LogP contribution in [-0.2, 0) is 4.74 Å². The van der Waals surface area contributed by atoms with E-state index in [1.165, 1.54) is 31.4 Å². The summed E-state index contributed by atoms with van der Waals surface area (Å²) in [5.41, 5.74) is -0.412. The van der Waals surface area contributed by atoms with Gasteiger partial charge in [-0.3, -0.25) is 4.79 Å². The van der Waals surface area contributed by atoms with Crippen LogP contribution in [0.1, 0.15) is 0 Å². The van der Waals surface area contributed by atoms with E-state index in [2.05, 4.69) is 0 Å². The quantitative estimate of drug-likeness (QED) is 0.302. The van der Waals surface area contributed by atoms with Crippen molar-refractivity contribution in [3.05, 3.63) is 46.6 Å². The number of fused-ring (bicyclic) bond motifs is 1. The maximum atomic E-state index is 12.8. The number of aliphatic hydroxyl groups excluding tert-OH is 4. The molecule has 6 N–H and O–H groups in total. The Morgan fingerprint density at radius 1 is 1.00 bits per heavy atom. The second-order valence-corrected chi connectivity index (χ2v) is 7.47. The maximum absolute atomic E-state index is 12.8. The fourth-order valence-corrected chi connectivity index (χ4v) is 3.58. The molecule has 11 heteroatoms. The summed E-state index contributed by atoms with van der Waals surface area (Å²) in [7, 11) is 1.27. The van der Waals surface area contributed by atoms with Crippen LogP contribution in [0, 0.1) is 0 Å². The number of rotatable bonds is 5. The number of aromatic hydroxyl groups is 2. The number of methoxy groups -OCH3 is 1. The van der Waals surface area contributed by atoms with Crippen molar-refractivity contribution in [1.82, 2.24) is 0 Å². The molecule has 0 amide bonds. The van der Waals surface area contributed by atoms with Gasteiger partial charge in [-0.2, -0.15) is 0 Å². The number of hydrogen-bond acceptors (Lipinski definition) is 11. The maximum Gasteiger partial charge on any atom is 0.229 e. The van der Waals surface area contributed by atoms with Crippen molar-refractivity contribution in [1.29, 1.82) is 0 Å². The molecule has 0 saturated carbocycles. The van der Waals surface area contributed by atoms with Crippen molar-refractivity contribution in [2.24, 2.45) is 0 Å². The molecular weight excluding hydrogens is 440 g/mol. The van der Waals surface area contributed by atoms with E-state index in [-0.39, 0.29) is 34.0 Å². The SMILES string of the molecule is COc1cc(O)c2c(=O)cc(-c3ccc(O)cc3)oc2c1OC1OC(CO)C(O)C(O)C1O. The molecule has 33 heavy (non-hydrogen) atoms. The number of ether oxygens (including phenoxy) is 3. The van der Waals surface area contributed by atoms with Crippen LogP contribution in [0.4, 0.5) is 0 Å². The molecule has 2 aromatic carbocycles. The molecule has 5 unspecified atom stereocenters. The van der Waals surface area contributed by atoms with Crippen LogP contribution in [0.25, 0.3) is 22.3 Å². The van der Waals surface area contributed by atoms with Gasteiger partial charge in [-0.25, -0.2) is 0 Å². The normalized spacial score (nSPS) is 25.2. The fourth-order valence-electron chi connectivity index (χ4n) is 3.58. The first-order valence-electron chi connectivity index (χ1n) is 9.89. The number of phenolic OH excluding ortho intramolecular Hbond substituents is 2. The van der Waals surface area contributed by atoms with Crippen molar-refractivity contribution in [2.75, 3.05) is 13.7 Å². The van der Waals surface area contributed by atoms with Gasteiger partial charge < -0.3 is 49.3 Å². The van der Waals surface area contributed by atoms with Crippen LogP contribution in [0.5, 0.6) is 23.0 Å². The van der Waals surface area contributed by atoms with E-state index < -0.39 is 48.5 Å². The summed E-state index contributed by atoms with van der Waals surface area (Å²) in [6, 6.07) is 8.08. The van der Waals surface area contributed by atoms with Gasteiger partial charge in [0.05, 0.1) is 13.7 Å². The van der Waals surface area contributed by atoms with Gasteiger partial charge in [-0.05, 0) is 24.3 Å². The fraction of sp³-hybridized carbons (Fsp3) is 0.318. The zero-order valence-electron chi connectivity index (χ0n) is 17.3. The average Bonchev–Trinajstić information content (AvgIpc) is 2.80. The van der Waals surface area contributed by atoms with E-state index in [9.17, 15) is 35.4 Å². The largest absolute Gasteiger partial charge is 0.508 e. The lowest BCUT2D eigenvalue weighted by Gasteiger charge is -2.39. The predicted molar refractivity (Wildman–Crippen MR) is 112 cm³/mol. The third-order valence-corrected chi connectivity index (χ3v) is 5.36. The Bertz CT molecular complexity index is 1200. The summed E-state index contributed by atoms with van der Waals surface area (Å²) in [5.74, 6) is -0.670. The molecule has 0 spiro atoms. The van der Waals surface area contributed by atoms with Gasteiger partial charge in [-0.15, -0.1) is 0 Å². The Morgan fingerprint density at radius 3 is 2.33 bits per heavy atom. The summed E-state index contributed by atoms with van der Waals surface area (Å²) in [6.07, 6.45) is -7.85. The molecule has 1 aliphatic heterocycles. The molecular formula is C22H22O11. The molecule has 1 fully saturated rings.